The van der Waals surface area contributed by atoms with Crippen LogP contribution < -0.4 is 0 Å². The molecule has 0 unspecified atom stereocenters. The molecule has 0 radical (unpaired) electrons. The summed E-state index contributed by atoms with van der Waals surface area (Å²) < 4.78 is 0. The van der Waals surface area contributed by atoms with Gasteiger partial charge in [0.15, 0.2) is 0 Å². The lowest BCUT2D eigenvalue weighted by atomic mass is 9.89. The molecule has 0 bridgehead atoms. The smallest absolute Gasteiger partial charge is 0.303 e. The summed E-state index contributed by atoms with van der Waals surface area (Å²) in [6.07, 6.45) is 9.51. The monoisotopic (exact) mass is 402 g/mol. The quantitative estimate of drug-likeness (QED) is 0.336. The first kappa shape index (κ1) is 23.3. The molecule has 1 aromatic carbocycles. The number of aliphatic hydroxyl groups is 3. The van der Waals surface area contributed by atoms with Gasteiger partial charge in [0.2, 0.25) is 0 Å². The SMILES string of the molecule is Cc1ccc(CC[C@H](O)/C=C/[C@@H]2[C@@H](C/C=C\CCCC(=O)O)[C@@H](O)C[C@H]2O)cc1. The molecule has 1 aliphatic rings. The highest BCUT2D eigenvalue weighted by Crippen LogP contribution is 2.36. The molecule has 0 amide bonds. The number of aliphatic carboxylic acids is 1. The Labute approximate surface area is 173 Å². The third-order valence-corrected chi connectivity index (χ3v) is 5.66. The zero-order chi connectivity index (χ0) is 21.2. The fourth-order valence-electron chi connectivity index (χ4n) is 3.87. The maximum Gasteiger partial charge on any atom is 0.303 e. The Hall–Kier alpha value is -1.95. The summed E-state index contributed by atoms with van der Waals surface area (Å²) in [6, 6.07) is 8.27. The number of hydrogen-bond acceptors (Lipinski definition) is 4. The van der Waals surface area contributed by atoms with Crippen LogP contribution in [0.5, 0.6) is 0 Å². The van der Waals surface area contributed by atoms with E-state index in [-0.39, 0.29) is 18.3 Å². The van der Waals surface area contributed by atoms with Crippen LogP contribution in [0.3, 0.4) is 0 Å². The van der Waals surface area contributed by atoms with E-state index in [9.17, 15) is 20.1 Å². The molecule has 5 nitrogen and oxygen atoms in total. The van der Waals surface area contributed by atoms with E-state index in [0.29, 0.717) is 32.1 Å². The van der Waals surface area contributed by atoms with Crippen LogP contribution in [0.25, 0.3) is 0 Å². The number of carboxylic acid groups (broad SMARTS) is 1. The van der Waals surface area contributed by atoms with Crippen molar-refractivity contribution in [3.8, 4) is 0 Å². The van der Waals surface area contributed by atoms with Crippen molar-refractivity contribution in [3.63, 3.8) is 0 Å². The second-order valence-electron chi connectivity index (χ2n) is 8.08. The molecule has 0 aromatic heterocycles. The Balaban J connectivity index is 1.82. The topological polar surface area (TPSA) is 98.0 Å². The van der Waals surface area contributed by atoms with Crippen molar-refractivity contribution < 1.29 is 25.2 Å². The lowest BCUT2D eigenvalue weighted by Gasteiger charge is -2.19. The van der Waals surface area contributed by atoms with Gasteiger partial charge in [0.25, 0.3) is 0 Å². The fourth-order valence-corrected chi connectivity index (χ4v) is 3.87. The van der Waals surface area contributed by atoms with Gasteiger partial charge in [-0.25, -0.2) is 0 Å². The number of allylic oxidation sites excluding steroid dienone is 2. The molecule has 0 saturated heterocycles. The average Bonchev–Trinajstić information content (AvgIpc) is 2.94. The van der Waals surface area contributed by atoms with Crippen LogP contribution >= 0.6 is 0 Å². The second-order valence-corrected chi connectivity index (χ2v) is 8.08. The first-order chi connectivity index (χ1) is 13.9. The minimum Gasteiger partial charge on any atom is -0.481 e. The number of hydrogen-bond donors (Lipinski definition) is 4. The Morgan fingerprint density at radius 1 is 1.17 bits per heavy atom. The highest BCUT2D eigenvalue weighted by Gasteiger charge is 2.39. The summed E-state index contributed by atoms with van der Waals surface area (Å²) in [5, 5.41) is 39.5. The largest absolute Gasteiger partial charge is 0.481 e. The van der Waals surface area contributed by atoms with Crippen LogP contribution in [-0.4, -0.2) is 44.7 Å². The van der Waals surface area contributed by atoms with E-state index >= 15 is 0 Å². The van der Waals surface area contributed by atoms with Crippen molar-refractivity contribution >= 4 is 5.97 Å². The molecule has 29 heavy (non-hydrogen) atoms. The molecule has 0 heterocycles. The zero-order valence-corrected chi connectivity index (χ0v) is 17.2. The second kappa shape index (κ2) is 11.9. The highest BCUT2D eigenvalue weighted by molar-refractivity contribution is 5.66. The van der Waals surface area contributed by atoms with Gasteiger partial charge in [-0.2, -0.15) is 0 Å². The third kappa shape index (κ3) is 8.13. The van der Waals surface area contributed by atoms with Crippen LogP contribution in [0, 0.1) is 18.8 Å². The van der Waals surface area contributed by atoms with Crippen molar-refractivity contribution in [2.75, 3.05) is 0 Å². The number of carbonyl (C=O) groups is 1. The van der Waals surface area contributed by atoms with Crippen molar-refractivity contribution in [3.05, 3.63) is 59.7 Å². The van der Waals surface area contributed by atoms with E-state index in [1.165, 1.54) is 11.1 Å². The standard InChI is InChI=1S/C24H34O5/c1-17-8-10-18(11-9-17)12-13-19(25)14-15-21-20(22(26)16-23(21)27)6-4-2-3-5-7-24(28)29/h2,4,8-11,14-15,19-23,25-27H,3,5-7,12-13,16H2,1H3,(H,28,29)/b4-2-,15-14+/t19-,20+,21+,22-,23+/m0/s1. The number of benzene rings is 1. The molecule has 5 atom stereocenters. The number of unbranched alkanes of at least 4 members (excludes halogenated alkanes) is 1. The van der Waals surface area contributed by atoms with Crippen molar-refractivity contribution in [1.82, 2.24) is 0 Å². The highest BCUT2D eigenvalue weighted by atomic mass is 16.4. The lowest BCUT2D eigenvalue weighted by Crippen LogP contribution is -2.20. The third-order valence-electron chi connectivity index (χ3n) is 5.66. The van der Waals surface area contributed by atoms with Gasteiger partial charge in [-0.1, -0.05) is 54.1 Å². The number of aliphatic hydroxyl groups excluding tert-OH is 3. The van der Waals surface area contributed by atoms with Gasteiger partial charge >= 0.3 is 5.97 Å². The Morgan fingerprint density at radius 2 is 1.90 bits per heavy atom. The Kier molecular flexibility index (Phi) is 9.58. The molecule has 1 fully saturated rings. The molecule has 2 rings (SSSR count). The summed E-state index contributed by atoms with van der Waals surface area (Å²) in [5.74, 6) is -1.08. The molecule has 1 saturated carbocycles. The van der Waals surface area contributed by atoms with Crippen LogP contribution in [0.2, 0.25) is 0 Å². The lowest BCUT2D eigenvalue weighted by molar-refractivity contribution is -0.137. The fraction of sp³-hybridized carbons (Fsp3) is 0.542. The van der Waals surface area contributed by atoms with Crippen LogP contribution in [0.4, 0.5) is 0 Å². The molecule has 0 spiro atoms. The number of aryl methyl sites for hydroxylation is 2. The van der Waals surface area contributed by atoms with Gasteiger partial charge in [-0.3, -0.25) is 4.79 Å². The molecule has 160 valence electrons. The summed E-state index contributed by atoms with van der Waals surface area (Å²) >= 11 is 0. The average molecular weight is 403 g/mol. The molecule has 4 N–H and O–H groups in total. The van der Waals surface area contributed by atoms with Gasteiger partial charge in [0.1, 0.15) is 0 Å². The van der Waals surface area contributed by atoms with E-state index < -0.39 is 24.3 Å². The van der Waals surface area contributed by atoms with E-state index in [2.05, 4.69) is 24.3 Å². The van der Waals surface area contributed by atoms with E-state index in [1.807, 2.05) is 25.2 Å². The van der Waals surface area contributed by atoms with Gasteiger partial charge in [0, 0.05) is 18.8 Å². The van der Waals surface area contributed by atoms with Crippen LogP contribution in [0.1, 0.15) is 49.7 Å². The maximum absolute atomic E-state index is 10.5. The molecule has 0 aliphatic heterocycles. The van der Waals surface area contributed by atoms with E-state index in [0.717, 1.165) is 6.42 Å². The summed E-state index contributed by atoms with van der Waals surface area (Å²) in [5.41, 5.74) is 2.40. The van der Waals surface area contributed by atoms with Crippen molar-refractivity contribution in [1.29, 1.82) is 0 Å². The normalized spacial score (nSPS) is 25.8. The maximum atomic E-state index is 10.5. The summed E-state index contributed by atoms with van der Waals surface area (Å²) in [4.78, 5) is 10.5. The van der Waals surface area contributed by atoms with Crippen molar-refractivity contribution in [2.24, 2.45) is 11.8 Å². The number of carboxylic acids is 1. The summed E-state index contributed by atoms with van der Waals surface area (Å²) in [7, 11) is 0. The Morgan fingerprint density at radius 3 is 2.59 bits per heavy atom. The predicted molar refractivity (Wildman–Crippen MR) is 114 cm³/mol. The van der Waals surface area contributed by atoms with Crippen LogP contribution in [-0.2, 0) is 11.2 Å². The van der Waals surface area contributed by atoms with E-state index in [4.69, 9.17) is 5.11 Å². The first-order valence-corrected chi connectivity index (χ1v) is 10.5. The zero-order valence-electron chi connectivity index (χ0n) is 17.2. The van der Waals surface area contributed by atoms with Gasteiger partial charge in [0.05, 0.1) is 18.3 Å². The van der Waals surface area contributed by atoms with Crippen LogP contribution in [0.15, 0.2) is 48.6 Å². The van der Waals surface area contributed by atoms with Crippen molar-refractivity contribution in [2.45, 2.75) is 70.2 Å². The number of rotatable bonds is 11. The summed E-state index contributed by atoms with van der Waals surface area (Å²) in [6.45, 7) is 2.05. The molecular weight excluding hydrogens is 368 g/mol. The van der Waals surface area contributed by atoms with Gasteiger partial charge in [-0.05, 0) is 50.5 Å². The van der Waals surface area contributed by atoms with Gasteiger partial charge in [-0.15, -0.1) is 0 Å². The first-order valence-electron chi connectivity index (χ1n) is 10.5. The van der Waals surface area contributed by atoms with Gasteiger partial charge < -0.3 is 20.4 Å². The molecule has 5 heteroatoms. The minimum absolute atomic E-state index is 0.0960. The Bertz CT molecular complexity index is 679. The molecule has 1 aromatic rings. The predicted octanol–water partition coefficient (Wildman–Crippen LogP) is 3.40. The minimum atomic E-state index is -0.793. The molecular formula is C24H34O5. The van der Waals surface area contributed by atoms with E-state index in [1.54, 1.807) is 6.08 Å². The molecule has 1 aliphatic carbocycles.